The molecule has 0 aliphatic heterocycles. The maximum absolute atomic E-state index is 10.8. The third-order valence-electron chi connectivity index (χ3n) is 2.14. The Labute approximate surface area is 82.0 Å². The summed E-state index contributed by atoms with van der Waals surface area (Å²) in [5.74, 6) is -1.23. The summed E-state index contributed by atoms with van der Waals surface area (Å²) in [6, 6.07) is 8.50. The summed E-state index contributed by atoms with van der Waals surface area (Å²) in [5, 5.41) is 18.5. The molecule has 76 valence electrons. The molecule has 0 heterocycles. The maximum Gasteiger partial charge on any atom is 0.326 e. The van der Waals surface area contributed by atoms with E-state index in [1.807, 2.05) is 0 Å². The summed E-state index contributed by atoms with van der Waals surface area (Å²) in [7, 11) is 0. The van der Waals surface area contributed by atoms with Gasteiger partial charge in [-0.25, -0.2) is 0 Å². The van der Waals surface area contributed by atoms with Gasteiger partial charge in [0.1, 0.15) is 11.6 Å². The third kappa shape index (κ3) is 1.92. The minimum absolute atomic E-state index is 0.500. The molecule has 1 rings (SSSR count). The average Bonchev–Trinajstić information content (AvgIpc) is 2.17. The van der Waals surface area contributed by atoms with E-state index in [4.69, 9.17) is 10.8 Å². The highest BCUT2D eigenvalue weighted by Gasteiger charge is 2.37. The molecule has 1 unspecified atom stereocenters. The van der Waals surface area contributed by atoms with Gasteiger partial charge in [-0.05, 0) is 12.5 Å². The molecule has 0 aliphatic rings. The molecule has 2 atom stereocenters. The van der Waals surface area contributed by atoms with Crippen LogP contribution >= 0.6 is 0 Å². The van der Waals surface area contributed by atoms with E-state index in [9.17, 15) is 9.90 Å². The molecule has 0 saturated carbocycles. The predicted octanol–water partition coefficient (Wildman–Crippen LogP) is 0.522. The lowest BCUT2D eigenvalue weighted by molar-refractivity contribution is -0.147. The molecule has 4 nitrogen and oxygen atoms in total. The lowest BCUT2D eigenvalue weighted by atomic mass is 9.91. The van der Waals surface area contributed by atoms with Crippen molar-refractivity contribution < 1.29 is 15.0 Å². The van der Waals surface area contributed by atoms with Crippen molar-refractivity contribution in [3.8, 4) is 0 Å². The highest BCUT2D eigenvalue weighted by atomic mass is 16.4. The van der Waals surface area contributed by atoms with Crippen molar-refractivity contribution in [2.24, 2.45) is 5.73 Å². The zero-order valence-corrected chi connectivity index (χ0v) is 7.84. The number of aliphatic carboxylic acids is 1. The van der Waals surface area contributed by atoms with Crippen LogP contribution in [0.5, 0.6) is 0 Å². The zero-order chi connectivity index (χ0) is 10.8. The molecule has 0 aliphatic carbocycles. The number of aliphatic hydroxyl groups excluding tert-OH is 1. The number of carbonyl (C=O) groups is 1. The van der Waals surface area contributed by atoms with Gasteiger partial charge < -0.3 is 15.9 Å². The number of rotatable bonds is 3. The molecule has 14 heavy (non-hydrogen) atoms. The second-order valence-corrected chi connectivity index (χ2v) is 3.40. The second kappa shape index (κ2) is 3.77. The Bertz CT molecular complexity index is 321. The molecule has 0 bridgehead atoms. The molecule has 0 amide bonds. The van der Waals surface area contributed by atoms with Crippen LogP contribution in [-0.4, -0.2) is 21.7 Å². The van der Waals surface area contributed by atoms with Crippen molar-refractivity contribution in [3.05, 3.63) is 35.9 Å². The van der Waals surface area contributed by atoms with Crippen LogP contribution in [0.25, 0.3) is 0 Å². The van der Waals surface area contributed by atoms with Crippen LogP contribution in [0.2, 0.25) is 0 Å². The first-order valence-electron chi connectivity index (χ1n) is 4.21. The van der Waals surface area contributed by atoms with E-state index in [0.29, 0.717) is 5.56 Å². The molecule has 4 heteroatoms. The number of hydrogen-bond donors (Lipinski definition) is 3. The number of nitrogens with two attached hydrogens (primary N) is 1. The minimum atomic E-state index is -1.67. The van der Waals surface area contributed by atoms with E-state index in [1.165, 1.54) is 6.92 Å². The fourth-order valence-electron chi connectivity index (χ4n) is 1.10. The van der Waals surface area contributed by atoms with Crippen LogP contribution in [0.1, 0.15) is 18.6 Å². The Kier molecular flexibility index (Phi) is 2.88. The van der Waals surface area contributed by atoms with Gasteiger partial charge in [0.2, 0.25) is 0 Å². The quantitative estimate of drug-likeness (QED) is 0.656. The van der Waals surface area contributed by atoms with Gasteiger partial charge in [0.15, 0.2) is 0 Å². The van der Waals surface area contributed by atoms with Crippen LogP contribution in [0.15, 0.2) is 30.3 Å². The van der Waals surface area contributed by atoms with E-state index in [0.717, 1.165) is 0 Å². The van der Waals surface area contributed by atoms with Crippen molar-refractivity contribution in [3.63, 3.8) is 0 Å². The molecule has 0 fully saturated rings. The van der Waals surface area contributed by atoms with E-state index < -0.39 is 17.6 Å². The molecule has 0 saturated heterocycles. The van der Waals surface area contributed by atoms with Crippen LogP contribution in [0, 0.1) is 0 Å². The molecular weight excluding hydrogens is 182 g/mol. The Morgan fingerprint density at radius 1 is 1.43 bits per heavy atom. The summed E-state index contributed by atoms with van der Waals surface area (Å²) in [6.45, 7) is 1.28. The lowest BCUT2D eigenvalue weighted by Crippen LogP contribution is -2.50. The number of aliphatic hydroxyl groups is 1. The van der Waals surface area contributed by atoms with Gasteiger partial charge in [-0.2, -0.15) is 0 Å². The standard InChI is InChI=1S/C10H13NO3/c1-10(11,9(13)14)8(12)7-5-3-2-4-6-7/h2-6,8,12H,11H2,1H3,(H,13,14)/t8?,10-/m0/s1. The Morgan fingerprint density at radius 3 is 2.36 bits per heavy atom. The summed E-state index contributed by atoms with van der Waals surface area (Å²) >= 11 is 0. The van der Waals surface area contributed by atoms with Gasteiger partial charge in [-0.1, -0.05) is 30.3 Å². The topological polar surface area (TPSA) is 83.6 Å². The first-order chi connectivity index (χ1) is 6.46. The number of carboxylic acid groups (broad SMARTS) is 1. The van der Waals surface area contributed by atoms with Crippen molar-refractivity contribution in [1.29, 1.82) is 0 Å². The zero-order valence-electron chi connectivity index (χ0n) is 7.84. The Morgan fingerprint density at radius 2 is 1.93 bits per heavy atom. The molecule has 0 radical (unpaired) electrons. The fourth-order valence-corrected chi connectivity index (χ4v) is 1.10. The Hall–Kier alpha value is -1.39. The number of benzene rings is 1. The molecular formula is C10H13NO3. The van der Waals surface area contributed by atoms with Crippen LogP contribution in [-0.2, 0) is 4.79 Å². The van der Waals surface area contributed by atoms with Crippen molar-refractivity contribution in [1.82, 2.24) is 0 Å². The van der Waals surface area contributed by atoms with E-state index in [2.05, 4.69) is 0 Å². The van der Waals surface area contributed by atoms with E-state index in [-0.39, 0.29) is 0 Å². The summed E-state index contributed by atoms with van der Waals surface area (Å²) in [6.07, 6.45) is -1.21. The van der Waals surface area contributed by atoms with Gasteiger partial charge in [0.25, 0.3) is 0 Å². The van der Waals surface area contributed by atoms with Gasteiger partial charge in [0.05, 0.1) is 0 Å². The molecule has 0 spiro atoms. The van der Waals surface area contributed by atoms with Gasteiger partial charge in [0, 0.05) is 0 Å². The van der Waals surface area contributed by atoms with Crippen LogP contribution < -0.4 is 5.73 Å². The molecule has 1 aromatic rings. The molecule has 0 aromatic heterocycles. The van der Waals surface area contributed by atoms with Gasteiger partial charge >= 0.3 is 5.97 Å². The normalized spacial score (nSPS) is 17.1. The SMILES string of the molecule is C[C@@](N)(C(=O)O)C(O)c1ccccc1. The second-order valence-electron chi connectivity index (χ2n) is 3.40. The minimum Gasteiger partial charge on any atom is -0.480 e. The third-order valence-corrected chi connectivity index (χ3v) is 2.14. The number of hydrogen-bond acceptors (Lipinski definition) is 3. The lowest BCUT2D eigenvalue weighted by Gasteiger charge is -2.25. The maximum atomic E-state index is 10.8. The largest absolute Gasteiger partial charge is 0.480 e. The highest BCUT2D eigenvalue weighted by Crippen LogP contribution is 2.23. The summed E-state index contributed by atoms with van der Waals surface area (Å²) in [4.78, 5) is 10.8. The van der Waals surface area contributed by atoms with Crippen LogP contribution in [0.4, 0.5) is 0 Å². The van der Waals surface area contributed by atoms with E-state index in [1.54, 1.807) is 30.3 Å². The van der Waals surface area contributed by atoms with Gasteiger partial charge in [-0.15, -0.1) is 0 Å². The predicted molar refractivity (Wildman–Crippen MR) is 51.6 cm³/mol. The number of carboxylic acids is 1. The monoisotopic (exact) mass is 195 g/mol. The van der Waals surface area contributed by atoms with Gasteiger partial charge in [-0.3, -0.25) is 4.79 Å². The summed E-state index contributed by atoms with van der Waals surface area (Å²) in [5.41, 5.74) is 4.32. The average molecular weight is 195 g/mol. The fraction of sp³-hybridized carbons (Fsp3) is 0.300. The molecule has 4 N–H and O–H groups in total. The highest BCUT2D eigenvalue weighted by molar-refractivity contribution is 5.79. The smallest absolute Gasteiger partial charge is 0.326 e. The first kappa shape index (κ1) is 10.7. The Balaban J connectivity index is 2.96. The van der Waals surface area contributed by atoms with Crippen molar-refractivity contribution in [2.45, 2.75) is 18.6 Å². The summed E-state index contributed by atoms with van der Waals surface area (Å²) < 4.78 is 0. The first-order valence-corrected chi connectivity index (χ1v) is 4.21. The van der Waals surface area contributed by atoms with E-state index >= 15 is 0 Å². The van der Waals surface area contributed by atoms with Crippen LogP contribution in [0.3, 0.4) is 0 Å². The van der Waals surface area contributed by atoms with Crippen molar-refractivity contribution >= 4 is 5.97 Å². The molecule has 1 aromatic carbocycles. The van der Waals surface area contributed by atoms with Crippen molar-refractivity contribution in [2.75, 3.05) is 0 Å².